The van der Waals surface area contributed by atoms with Crippen LogP contribution < -0.4 is 10.2 Å². The minimum Gasteiger partial charge on any atom is -0.326 e. The van der Waals surface area contributed by atoms with Gasteiger partial charge in [0.05, 0.1) is 0 Å². The average molecular weight is 345 g/mol. The zero-order valence-corrected chi connectivity index (χ0v) is 14.9. The topological polar surface area (TPSA) is 49.4 Å². The molecule has 0 radical (unpaired) electrons. The SMILES string of the molecule is CC(=O)N(CCC(=O)Nc1ccc(C)cc1C)c1ccc(Cl)cc1. The molecule has 2 amide bonds. The second-order valence-corrected chi connectivity index (χ2v) is 6.20. The van der Waals surface area contributed by atoms with E-state index in [9.17, 15) is 9.59 Å². The lowest BCUT2D eigenvalue weighted by Crippen LogP contribution is -2.31. The maximum atomic E-state index is 12.2. The van der Waals surface area contributed by atoms with Gasteiger partial charge in [-0.2, -0.15) is 0 Å². The third-order valence-electron chi connectivity index (χ3n) is 3.74. The zero-order valence-electron chi connectivity index (χ0n) is 14.1. The molecule has 0 saturated carbocycles. The smallest absolute Gasteiger partial charge is 0.226 e. The first-order valence-corrected chi connectivity index (χ1v) is 8.15. The quantitative estimate of drug-likeness (QED) is 0.877. The molecule has 0 bridgehead atoms. The van der Waals surface area contributed by atoms with Gasteiger partial charge in [0.1, 0.15) is 0 Å². The van der Waals surface area contributed by atoms with Crippen molar-refractivity contribution in [1.29, 1.82) is 0 Å². The standard InChI is InChI=1S/C19H21ClN2O2/c1-13-4-9-18(14(2)12-13)21-19(24)10-11-22(15(3)23)17-7-5-16(20)6-8-17/h4-9,12H,10-11H2,1-3H3,(H,21,24). The van der Waals surface area contributed by atoms with Gasteiger partial charge in [0.2, 0.25) is 11.8 Å². The molecular formula is C19H21ClN2O2. The first kappa shape index (κ1) is 18.0. The molecule has 2 rings (SSSR count). The third kappa shape index (κ3) is 4.83. The van der Waals surface area contributed by atoms with E-state index in [1.807, 2.05) is 32.0 Å². The number of benzene rings is 2. The summed E-state index contributed by atoms with van der Waals surface area (Å²) in [6.07, 6.45) is 0.218. The number of carbonyl (C=O) groups is 2. The van der Waals surface area contributed by atoms with Crippen LogP contribution in [0.4, 0.5) is 11.4 Å². The van der Waals surface area contributed by atoms with Crippen LogP contribution in [0.3, 0.4) is 0 Å². The summed E-state index contributed by atoms with van der Waals surface area (Å²) < 4.78 is 0. The van der Waals surface area contributed by atoms with Crippen LogP contribution in [0.25, 0.3) is 0 Å². The van der Waals surface area contributed by atoms with Gasteiger partial charge in [-0.3, -0.25) is 9.59 Å². The van der Waals surface area contributed by atoms with Crippen LogP contribution in [-0.4, -0.2) is 18.4 Å². The zero-order chi connectivity index (χ0) is 17.7. The molecule has 0 saturated heterocycles. The second-order valence-electron chi connectivity index (χ2n) is 5.76. The predicted octanol–water partition coefficient (Wildman–Crippen LogP) is 4.34. The molecular weight excluding hydrogens is 324 g/mol. The molecule has 0 spiro atoms. The Morgan fingerprint density at radius 3 is 2.33 bits per heavy atom. The van der Waals surface area contributed by atoms with Crippen LogP contribution in [0.2, 0.25) is 5.02 Å². The van der Waals surface area contributed by atoms with E-state index >= 15 is 0 Å². The Balaban J connectivity index is 2.00. The van der Waals surface area contributed by atoms with Crippen molar-refractivity contribution in [1.82, 2.24) is 0 Å². The van der Waals surface area contributed by atoms with E-state index in [1.165, 1.54) is 6.92 Å². The molecule has 5 heteroatoms. The molecule has 2 aromatic carbocycles. The Morgan fingerprint density at radius 1 is 1.08 bits per heavy atom. The third-order valence-corrected chi connectivity index (χ3v) is 3.99. The van der Waals surface area contributed by atoms with Crippen molar-refractivity contribution < 1.29 is 9.59 Å². The van der Waals surface area contributed by atoms with Gasteiger partial charge < -0.3 is 10.2 Å². The molecule has 2 aromatic rings. The molecule has 4 nitrogen and oxygen atoms in total. The van der Waals surface area contributed by atoms with Gasteiger partial charge >= 0.3 is 0 Å². The highest BCUT2D eigenvalue weighted by Gasteiger charge is 2.14. The van der Waals surface area contributed by atoms with Crippen molar-refractivity contribution >= 4 is 34.8 Å². The molecule has 0 atom stereocenters. The lowest BCUT2D eigenvalue weighted by molar-refractivity contribution is -0.117. The van der Waals surface area contributed by atoms with Crippen LogP contribution in [-0.2, 0) is 9.59 Å². The van der Waals surface area contributed by atoms with Crippen molar-refractivity contribution in [3.63, 3.8) is 0 Å². The van der Waals surface area contributed by atoms with E-state index in [1.54, 1.807) is 29.2 Å². The summed E-state index contributed by atoms with van der Waals surface area (Å²) in [5.41, 5.74) is 3.69. The van der Waals surface area contributed by atoms with E-state index in [0.717, 1.165) is 22.5 Å². The summed E-state index contributed by atoms with van der Waals surface area (Å²) in [5, 5.41) is 3.50. The predicted molar refractivity (Wildman–Crippen MR) is 98.6 cm³/mol. The number of amides is 2. The first-order chi connectivity index (χ1) is 11.4. The van der Waals surface area contributed by atoms with Gasteiger partial charge in [0, 0.05) is 36.3 Å². The number of hydrogen-bond donors (Lipinski definition) is 1. The van der Waals surface area contributed by atoms with E-state index in [4.69, 9.17) is 11.6 Å². The van der Waals surface area contributed by atoms with Gasteiger partial charge in [0.15, 0.2) is 0 Å². The first-order valence-electron chi connectivity index (χ1n) is 7.77. The highest BCUT2D eigenvalue weighted by molar-refractivity contribution is 6.30. The summed E-state index contributed by atoms with van der Waals surface area (Å²) in [6, 6.07) is 12.9. The number of nitrogens with zero attached hydrogens (tertiary/aromatic N) is 1. The van der Waals surface area contributed by atoms with Crippen molar-refractivity contribution in [2.45, 2.75) is 27.2 Å². The molecule has 0 unspecified atom stereocenters. The van der Waals surface area contributed by atoms with Crippen LogP contribution in [0.5, 0.6) is 0 Å². The van der Waals surface area contributed by atoms with E-state index in [-0.39, 0.29) is 18.2 Å². The number of halogens is 1. The van der Waals surface area contributed by atoms with Crippen molar-refractivity contribution in [2.75, 3.05) is 16.8 Å². The highest BCUT2D eigenvalue weighted by atomic mass is 35.5. The molecule has 1 N–H and O–H groups in total. The molecule has 0 aliphatic carbocycles. The van der Waals surface area contributed by atoms with E-state index in [0.29, 0.717) is 11.6 Å². The Bertz CT molecular complexity index is 742. The van der Waals surface area contributed by atoms with E-state index < -0.39 is 0 Å². The maximum absolute atomic E-state index is 12.2. The Labute approximate surface area is 147 Å². The summed E-state index contributed by atoms with van der Waals surface area (Å²) in [6.45, 7) is 5.76. The van der Waals surface area contributed by atoms with Gasteiger partial charge in [-0.1, -0.05) is 29.3 Å². The summed E-state index contributed by atoms with van der Waals surface area (Å²) >= 11 is 5.87. The molecule has 0 aliphatic heterocycles. The lowest BCUT2D eigenvalue weighted by atomic mass is 10.1. The largest absolute Gasteiger partial charge is 0.326 e. The Kier molecular flexibility index (Phi) is 5.99. The number of hydrogen-bond acceptors (Lipinski definition) is 2. The fraction of sp³-hybridized carbons (Fsp3) is 0.263. The maximum Gasteiger partial charge on any atom is 0.226 e. The minimum absolute atomic E-state index is 0.114. The van der Waals surface area contributed by atoms with Crippen LogP contribution in [0.15, 0.2) is 42.5 Å². The van der Waals surface area contributed by atoms with Gasteiger partial charge in [-0.15, -0.1) is 0 Å². The molecule has 0 aliphatic rings. The number of rotatable bonds is 5. The number of nitrogens with one attached hydrogen (secondary N) is 1. The second kappa shape index (κ2) is 7.97. The van der Waals surface area contributed by atoms with Crippen molar-refractivity contribution in [2.24, 2.45) is 0 Å². The molecule has 0 aromatic heterocycles. The molecule has 0 heterocycles. The van der Waals surface area contributed by atoms with Crippen LogP contribution >= 0.6 is 11.6 Å². The van der Waals surface area contributed by atoms with E-state index in [2.05, 4.69) is 5.32 Å². The fourth-order valence-corrected chi connectivity index (χ4v) is 2.60. The Hall–Kier alpha value is -2.33. The average Bonchev–Trinajstić information content (AvgIpc) is 2.52. The van der Waals surface area contributed by atoms with Gasteiger partial charge in [0.25, 0.3) is 0 Å². The van der Waals surface area contributed by atoms with Crippen molar-refractivity contribution in [3.05, 3.63) is 58.6 Å². The monoisotopic (exact) mass is 344 g/mol. The lowest BCUT2D eigenvalue weighted by Gasteiger charge is -2.21. The fourth-order valence-electron chi connectivity index (χ4n) is 2.47. The summed E-state index contributed by atoms with van der Waals surface area (Å²) in [7, 11) is 0. The van der Waals surface area contributed by atoms with Crippen LogP contribution in [0.1, 0.15) is 24.5 Å². The van der Waals surface area contributed by atoms with Crippen molar-refractivity contribution in [3.8, 4) is 0 Å². The highest BCUT2D eigenvalue weighted by Crippen LogP contribution is 2.19. The van der Waals surface area contributed by atoms with Gasteiger partial charge in [-0.25, -0.2) is 0 Å². The van der Waals surface area contributed by atoms with Gasteiger partial charge in [-0.05, 0) is 49.7 Å². The van der Waals surface area contributed by atoms with Crippen LogP contribution in [0, 0.1) is 13.8 Å². The number of anilines is 2. The Morgan fingerprint density at radius 2 is 1.75 bits per heavy atom. The minimum atomic E-state index is -0.123. The summed E-state index contributed by atoms with van der Waals surface area (Å²) in [4.78, 5) is 25.6. The summed E-state index contributed by atoms with van der Waals surface area (Å²) in [5.74, 6) is -0.237. The number of carbonyl (C=O) groups excluding carboxylic acids is 2. The molecule has 24 heavy (non-hydrogen) atoms. The normalized spacial score (nSPS) is 10.3. The molecule has 0 fully saturated rings. The number of aryl methyl sites for hydroxylation is 2. The molecule has 126 valence electrons.